The van der Waals surface area contributed by atoms with E-state index in [0.717, 1.165) is 22.7 Å². The molecule has 1 unspecified atom stereocenters. The van der Waals surface area contributed by atoms with Gasteiger partial charge >= 0.3 is 0 Å². The van der Waals surface area contributed by atoms with E-state index in [1.807, 2.05) is 37.4 Å². The van der Waals surface area contributed by atoms with E-state index in [1.54, 1.807) is 16.2 Å². The first-order chi connectivity index (χ1) is 12.0. The van der Waals surface area contributed by atoms with Gasteiger partial charge in [0.1, 0.15) is 5.01 Å². The van der Waals surface area contributed by atoms with E-state index in [9.17, 15) is 9.90 Å². The Morgan fingerprint density at radius 3 is 2.96 bits per heavy atom. The van der Waals surface area contributed by atoms with Crippen molar-refractivity contribution in [1.82, 2.24) is 15.2 Å². The molecule has 3 rings (SSSR count). The molecule has 2 heterocycles. The van der Waals surface area contributed by atoms with Gasteiger partial charge in [0.15, 0.2) is 5.60 Å². The number of piperidine rings is 1. The van der Waals surface area contributed by atoms with E-state index in [0.29, 0.717) is 26.1 Å². The van der Waals surface area contributed by atoms with E-state index >= 15 is 0 Å². The SMILES string of the molecule is Cc1cccc(CN2CCCC(O)(CNCc3nc(C)cs3)C2=O)c1. The molecule has 1 saturated heterocycles. The number of nitrogens with one attached hydrogen (secondary N) is 1. The highest BCUT2D eigenvalue weighted by atomic mass is 32.1. The number of aliphatic hydroxyl groups is 1. The minimum absolute atomic E-state index is 0.178. The standard InChI is InChI=1S/C19H25N3O2S/c1-14-5-3-6-16(9-14)11-22-8-4-7-19(24,18(22)23)13-20-10-17-21-15(2)12-25-17/h3,5-6,9,12,20,24H,4,7-8,10-11,13H2,1-2H3. The average Bonchev–Trinajstić information content (AvgIpc) is 2.98. The van der Waals surface area contributed by atoms with E-state index in [1.165, 1.54) is 5.56 Å². The number of carbonyl (C=O) groups excluding carboxylic acids is 1. The molecule has 134 valence electrons. The van der Waals surface area contributed by atoms with Crippen molar-refractivity contribution in [3.05, 3.63) is 51.5 Å². The van der Waals surface area contributed by atoms with Crippen LogP contribution in [0.25, 0.3) is 0 Å². The first kappa shape index (κ1) is 18.0. The number of hydrogen-bond donors (Lipinski definition) is 2. The molecule has 0 spiro atoms. The smallest absolute Gasteiger partial charge is 0.256 e. The largest absolute Gasteiger partial charge is 0.379 e. The number of benzene rings is 1. The first-order valence-electron chi connectivity index (χ1n) is 8.65. The third-order valence-corrected chi connectivity index (χ3v) is 5.49. The Bertz CT molecular complexity index is 746. The summed E-state index contributed by atoms with van der Waals surface area (Å²) in [6.07, 6.45) is 1.31. The van der Waals surface area contributed by atoms with Crippen molar-refractivity contribution in [3.63, 3.8) is 0 Å². The summed E-state index contributed by atoms with van der Waals surface area (Å²) in [6, 6.07) is 8.16. The van der Waals surface area contributed by atoms with Gasteiger partial charge in [0.05, 0.1) is 0 Å². The molecular formula is C19H25N3O2S. The first-order valence-corrected chi connectivity index (χ1v) is 9.53. The molecule has 5 nitrogen and oxygen atoms in total. The zero-order valence-electron chi connectivity index (χ0n) is 14.8. The van der Waals surface area contributed by atoms with E-state index in [-0.39, 0.29) is 12.5 Å². The van der Waals surface area contributed by atoms with Gasteiger partial charge in [-0.05, 0) is 32.3 Å². The molecule has 6 heteroatoms. The van der Waals surface area contributed by atoms with Crippen molar-refractivity contribution in [2.75, 3.05) is 13.1 Å². The summed E-state index contributed by atoms with van der Waals surface area (Å²) >= 11 is 1.59. The molecule has 1 amide bonds. The molecule has 25 heavy (non-hydrogen) atoms. The van der Waals surface area contributed by atoms with Crippen molar-refractivity contribution >= 4 is 17.2 Å². The summed E-state index contributed by atoms with van der Waals surface area (Å²) in [6.45, 7) is 6.08. The summed E-state index contributed by atoms with van der Waals surface area (Å²) in [5.74, 6) is -0.178. The Labute approximate surface area is 152 Å². The summed E-state index contributed by atoms with van der Waals surface area (Å²) in [5, 5.41) is 17.0. The summed E-state index contributed by atoms with van der Waals surface area (Å²) < 4.78 is 0. The Balaban J connectivity index is 1.59. The van der Waals surface area contributed by atoms with Gasteiger partial charge in [-0.2, -0.15) is 0 Å². The quantitative estimate of drug-likeness (QED) is 0.831. The summed E-state index contributed by atoms with van der Waals surface area (Å²) in [4.78, 5) is 19.0. The van der Waals surface area contributed by atoms with Crippen molar-refractivity contribution in [2.45, 2.75) is 45.4 Å². The lowest BCUT2D eigenvalue weighted by Crippen LogP contribution is -2.57. The van der Waals surface area contributed by atoms with E-state index in [4.69, 9.17) is 0 Å². The lowest BCUT2D eigenvalue weighted by molar-refractivity contribution is -0.157. The van der Waals surface area contributed by atoms with Crippen LogP contribution in [0.5, 0.6) is 0 Å². The van der Waals surface area contributed by atoms with E-state index in [2.05, 4.69) is 16.4 Å². The number of carbonyl (C=O) groups is 1. The fourth-order valence-electron chi connectivity index (χ4n) is 3.27. The van der Waals surface area contributed by atoms with Crippen LogP contribution < -0.4 is 5.32 Å². The normalized spacial score (nSPS) is 20.9. The van der Waals surface area contributed by atoms with Crippen LogP contribution in [0.1, 0.15) is 34.7 Å². The molecule has 1 aliphatic heterocycles. The van der Waals surface area contributed by atoms with Gasteiger partial charge < -0.3 is 15.3 Å². The summed E-state index contributed by atoms with van der Waals surface area (Å²) in [5.41, 5.74) is 1.95. The minimum atomic E-state index is -1.33. The average molecular weight is 359 g/mol. The maximum atomic E-state index is 12.8. The van der Waals surface area contributed by atoms with Gasteiger partial charge in [-0.25, -0.2) is 4.98 Å². The molecule has 2 N–H and O–H groups in total. The number of thiazole rings is 1. The Morgan fingerprint density at radius 2 is 2.24 bits per heavy atom. The van der Waals surface area contributed by atoms with Crippen LogP contribution in [0, 0.1) is 13.8 Å². The predicted molar refractivity (Wildman–Crippen MR) is 99.3 cm³/mol. The maximum Gasteiger partial charge on any atom is 0.256 e. The number of aromatic nitrogens is 1. The van der Waals surface area contributed by atoms with Crippen molar-refractivity contribution in [1.29, 1.82) is 0 Å². The minimum Gasteiger partial charge on any atom is -0.379 e. The fourth-order valence-corrected chi connectivity index (χ4v) is 4.01. The number of rotatable bonds is 6. The van der Waals surface area contributed by atoms with Crippen LogP contribution in [0.4, 0.5) is 0 Å². The second-order valence-electron chi connectivity index (χ2n) is 6.84. The van der Waals surface area contributed by atoms with Crippen molar-refractivity contribution in [2.24, 2.45) is 0 Å². The van der Waals surface area contributed by atoms with Gasteiger partial charge in [-0.15, -0.1) is 11.3 Å². The number of nitrogens with zero attached hydrogens (tertiary/aromatic N) is 2. The topological polar surface area (TPSA) is 65.5 Å². The van der Waals surface area contributed by atoms with Crippen molar-refractivity contribution in [3.8, 4) is 0 Å². The highest BCUT2D eigenvalue weighted by Crippen LogP contribution is 2.24. The predicted octanol–water partition coefficient (Wildman–Crippen LogP) is 2.40. The van der Waals surface area contributed by atoms with Crippen LogP contribution in [-0.4, -0.2) is 39.6 Å². The number of aryl methyl sites for hydroxylation is 2. The molecule has 0 aliphatic carbocycles. The van der Waals surface area contributed by atoms with Gasteiger partial charge in [0.2, 0.25) is 0 Å². The van der Waals surface area contributed by atoms with Crippen molar-refractivity contribution < 1.29 is 9.90 Å². The number of amides is 1. The Hall–Kier alpha value is -1.76. The lowest BCUT2D eigenvalue weighted by atomic mass is 9.91. The van der Waals surface area contributed by atoms with Crippen LogP contribution in [0.2, 0.25) is 0 Å². The van der Waals surface area contributed by atoms with E-state index < -0.39 is 5.60 Å². The molecule has 0 bridgehead atoms. The number of likely N-dealkylation sites (tertiary alicyclic amines) is 1. The molecule has 0 radical (unpaired) electrons. The van der Waals surface area contributed by atoms with Gasteiger partial charge in [0, 0.05) is 37.3 Å². The van der Waals surface area contributed by atoms with Gasteiger partial charge in [-0.1, -0.05) is 29.8 Å². The maximum absolute atomic E-state index is 12.8. The van der Waals surface area contributed by atoms with Crippen LogP contribution in [0.15, 0.2) is 29.6 Å². The lowest BCUT2D eigenvalue weighted by Gasteiger charge is -2.38. The molecule has 1 fully saturated rings. The molecule has 1 aromatic heterocycles. The number of hydrogen-bond acceptors (Lipinski definition) is 5. The van der Waals surface area contributed by atoms with Crippen LogP contribution in [0.3, 0.4) is 0 Å². The molecule has 0 saturated carbocycles. The highest BCUT2D eigenvalue weighted by Gasteiger charge is 2.41. The van der Waals surface area contributed by atoms with Crippen LogP contribution in [-0.2, 0) is 17.9 Å². The monoisotopic (exact) mass is 359 g/mol. The van der Waals surface area contributed by atoms with Gasteiger partial charge in [0.25, 0.3) is 5.91 Å². The highest BCUT2D eigenvalue weighted by molar-refractivity contribution is 7.09. The molecule has 2 aromatic rings. The second-order valence-corrected chi connectivity index (χ2v) is 7.78. The Kier molecular flexibility index (Phi) is 5.51. The third-order valence-electron chi connectivity index (χ3n) is 4.52. The zero-order chi connectivity index (χ0) is 17.9. The van der Waals surface area contributed by atoms with Gasteiger partial charge in [-0.3, -0.25) is 4.79 Å². The third kappa shape index (κ3) is 4.45. The summed E-state index contributed by atoms with van der Waals surface area (Å²) in [7, 11) is 0. The fraction of sp³-hybridized carbons (Fsp3) is 0.474. The molecule has 1 aliphatic rings. The second kappa shape index (κ2) is 7.64. The molecule has 1 atom stereocenters. The Morgan fingerprint density at radius 1 is 1.40 bits per heavy atom. The zero-order valence-corrected chi connectivity index (χ0v) is 15.6. The van der Waals surface area contributed by atoms with Crippen LogP contribution >= 0.6 is 11.3 Å². The molecular weight excluding hydrogens is 334 g/mol. The molecule has 1 aromatic carbocycles.